The fourth-order valence-corrected chi connectivity index (χ4v) is 2.36. The van der Waals surface area contributed by atoms with Crippen LogP contribution >= 0.6 is 0 Å². The van der Waals surface area contributed by atoms with Gasteiger partial charge in [-0.2, -0.15) is 0 Å². The molecule has 1 saturated heterocycles. The first-order valence-corrected chi connectivity index (χ1v) is 6.81. The van der Waals surface area contributed by atoms with Gasteiger partial charge in [0, 0.05) is 38.5 Å². The minimum Gasteiger partial charge on any atom is -0.381 e. The van der Waals surface area contributed by atoms with Crippen LogP contribution in [0.5, 0.6) is 0 Å². The number of ether oxygens (including phenoxy) is 1. The number of nitrogens with two attached hydrogens (primary N) is 1. The molecule has 1 aromatic rings. The molecular weight excluding hydrogens is 244 g/mol. The van der Waals surface area contributed by atoms with Crippen LogP contribution in [0.4, 0.5) is 0 Å². The number of aromatic nitrogens is 2. The number of carbonyl (C=O) groups excluding carboxylic acids is 1. The molecule has 2 heterocycles. The fraction of sp³-hybridized carbons (Fsp3) is 0.692. The lowest BCUT2D eigenvalue weighted by Gasteiger charge is -2.28. The highest BCUT2D eigenvalue weighted by molar-refractivity contribution is 5.92. The van der Waals surface area contributed by atoms with Gasteiger partial charge in [0.2, 0.25) is 0 Å². The Bertz CT molecular complexity index is 413. The van der Waals surface area contributed by atoms with Gasteiger partial charge in [0.05, 0.1) is 6.33 Å². The van der Waals surface area contributed by atoms with Crippen LogP contribution in [-0.4, -0.2) is 41.3 Å². The second kappa shape index (κ2) is 6.68. The zero-order chi connectivity index (χ0) is 13.7. The largest absolute Gasteiger partial charge is 0.381 e. The van der Waals surface area contributed by atoms with Gasteiger partial charge in [0.15, 0.2) is 0 Å². The normalized spacial score (nSPS) is 18.2. The topological polar surface area (TPSA) is 82.2 Å². The van der Waals surface area contributed by atoms with Gasteiger partial charge >= 0.3 is 0 Å². The highest BCUT2D eigenvalue weighted by Crippen LogP contribution is 2.18. The Hall–Kier alpha value is -1.40. The first-order chi connectivity index (χ1) is 9.20. The summed E-state index contributed by atoms with van der Waals surface area (Å²) in [7, 11) is 0. The number of hydrogen-bond donors (Lipinski definition) is 2. The maximum absolute atomic E-state index is 12.1. The van der Waals surface area contributed by atoms with E-state index in [0.717, 1.165) is 26.1 Å². The van der Waals surface area contributed by atoms with Crippen molar-refractivity contribution in [2.75, 3.05) is 19.8 Å². The van der Waals surface area contributed by atoms with E-state index in [1.807, 2.05) is 11.5 Å². The first kappa shape index (κ1) is 14.0. The van der Waals surface area contributed by atoms with Gasteiger partial charge in [-0.15, -0.1) is 0 Å². The van der Waals surface area contributed by atoms with Gasteiger partial charge in [0.1, 0.15) is 5.69 Å². The quantitative estimate of drug-likeness (QED) is 0.807. The monoisotopic (exact) mass is 266 g/mol. The Morgan fingerprint density at radius 1 is 1.63 bits per heavy atom. The second-order valence-corrected chi connectivity index (χ2v) is 5.00. The molecule has 1 aliphatic rings. The summed E-state index contributed by atoms with van der Waals surface area (Å²) in [6, 6.07) is 0.149. The van der Waals surface area contributed by atoms with Crippen LogP contribution in [0.2, 0.25) is 0 Å². The van der Waals surface area contributed by atoms with Crippen molar-refractivity contribution in [1.82, 2.24) is 14.9 Å². The lowest BCUT2D eigenvalue weighted by Crippen LogP contribution is -2.40. The average molecular weight is 266 g/mol. The molecule has 0 saturated carbocycles. The van der Waals surface area contributed by atoms with E-state index in [1.54, 1.807) is 12.5 Å². The third kappa shape index (κ3) is 3.78. The van der Waals surface area contributed by atoms with Gasteiger partial charge in [-0.1, -0.05) is 0 Å². The number of rotatable bonds is 5. The molecule has 106 valence electrons. The molecule has 1 amide bonds. The smallest absolute Gasteiger partial charge is 0.271 e. The van der Waals surface area contributed by atoms with Crippen molar-refractivity contribution in [3.8, 4) is 0 Å². The van der Waals surface area contributed by atoms with Crippen LogP contribution in [0.15, 0.2) is 12.5 Å². The third-order valence-electron chi connectivity index (χ3n) is 3.59. The molecule has 19 heavy (non-hydrogen) atoms. The van der Waals surface area contributed by atoms with Crippen molar-refractivity contribution < 1.29 is 9.53 Å². The number of nitrogens with zero attached hydrogens (tertiary/aromatic N) is 2. The summed E-state index contributed by atoms with van der Waals surface area (Å²) in [5.74, 6) is 0.374. The van der Waals surface area contributed by atoms with Crippen molar-refractivity contribution >= 4 is 5.91 Å². The Balaban J connectivity index is 1.88. The van der Waals surface area contributed by atoms with E-state index in [9.17, 15) is 4.79 Å². The molecule has 0 aliphatic carbocycles. The number of hydrogen-bond acceptors (Lipinski definition) is 4. The lowest BCUT2D eigenvalue weighted by molar-refractivity contribution is 0.0537. The predicted octanol–water partition coefficient (Wildman–Crippen LogP) is 0.387. The molecule has 6 nitrogen and oxygen atoms in total. The molecule has 1 fully saturated rings. The van der Waals surface area contributed by atoms with Gasteiger partial charge in [-0.3, -0.25) is 4.79 Å². The average Bonchev–Trinajstić information content (AvgIpc) is 2.89. The van der Waals surface area contributed by atoms with Crippen LogP contribution in [0, 0.1) is 5.92 Å². The van der Waals surface area contributed by atoms with Crippen LogP contribution in [0.3, 0.4) is 0 Å². The van der Waals surface area contributed by atoms with Crippen molar-refractivity contribution in [3.63, 3.8) is 0 Å². The first-order valence-electron chi connectivity index (χ1n) is 6.81. The molecular formula is C13H22N4O2. The number of nitrogens with one attached hydrogen (secondary N) is 1. The molecule has 1 aliphatic heterocycles. The molecule has 0 aromatic carbocycles. The van der Waals surface area contributed by atoms with E-state index in [4.69, 9.17) is 10.5 Å². The van der Waals surface area contributed by atoms with Gasteiger partial charge in [0.25, 0.3) is 5.91 Å². The molecule has 1 unspecified atom stereocenters. The predicted molar refractivity (Wildman–Crippen MR) is 71.8 cm³/mol. The summed E-state index contributed by atoms with van der Waals surface area (Å²) in [5, 5.41) is 3.02. The molecule has 0 radical (unpaired) electrons. The van der Waals surface area contributed by atoms with Crippen molar-refractivity contribution in [2.45, 2.75) is 32.4 Å². The number of imidazole rings is 1. The highest BCUT2D eigenvalue weighted by Gasteiger charge is 2.22. The number of amides is 1. The molecule has 0 spiro atoms. The maximum atomic E-state index is 12.1. The summed E-state index contributed by atoms with van der Waals surface area (Å²) in [4.78, 5) is 16.2. The standard InChI is InChI=1S/C13H22N4O2/c1-10(11-2-6-19-7-3-11)16-13(18)12-8-17(5-4-14)9-15-12/h8-11H,2-7,14H2,1H3,(H,16,18). The molecule has 6 heteroatoms. The minimum atomic E-state index is -0.116. The summed E-state index contributed by atoms with van der Waals surface area (Å²) in [5.41, 5.74) is 5.91. The van der Waals surface area contributed by atoms with Crippen molar-refractivity contribution in [2.24, 2.45) is 11.7 Å². The summed E-state index contributed by atoms with van der Waals surface area (Å²) in [6.07, 6.45) is 5.38. The Labute approximate surface area is 113 Å². The van der Waals surface area contributed by atoms with Gasteiger partial charge < -0.3 is 20.4 Å². The van der Waals surface area contributed by atoms with E-state index >= 15 is 0 Å². The van der Waals surface area contributed by atoms with Gasteiger partial charge in [-0.25, -0.2) is 4.98 Å². The van der Waals surface area contributed by atoms with E-state index in [-0.39, 0.29) is 11.9 Å². The second-order valence-electron chi connectivity index (χ2n) is 5.00. The minimum absolute atomic E-state index is 0.116. The molecule has 1 aromatic heterocycles. The zero-order valence-electron chi connectivity index (χ0n) is 11.3. The SMILES string of the molecule is CC(NC(=O)c1cn(CCN)cn1)C1CCOCC1. The lowest BCUT2D eigenvalue weighted by atomic mass is 9.93. The fourth-order valence-electron chi connectivity index (χ4n) is 2.36. The summed E-state index contributed by atoms with van der Waals surface area (Å²) in [6.45, 7) is 4.84. The van der Waals surface area contributed by atoms with Crippen LogP contribution < -0.4 is 11.1 Å². The van der Waals surface area contributed by atoms with Crippen LogP contribution in [0.1, 0.15) is 30.3 Å². The van der Waals surface area contributed by atoms with Gasteiger partial charge in [-0.05, 0) is 25.7 Å². The van der Waals surface area contributed by atoms with Crippen molar-refractivity contribution in [1.29, 1.82) is 0 Å². The van der Waals surface area contributed by atoms with Crippen molar-refractivity contribution in [3.05, 3.63) is 18.2 Å². The molecule has 0 bridgehead atoms. The zero-order valence-corrected chi connectivity index (χ0v) is 11.3. The Kier molecular flexibility index (Phi) is 4.93. The van der Waals surface area contributed by atoms with E-state index in [1.165, 1.54) is 0 Å². The summed E-state index contributed by atoms with van der Waals surface area (Å²) < 4.78 is 7.16. The maximum Gasteiger partial charge on any atom is 0.271 e. The molecule has 1 atom stereocenters. The molecule has 3 N–H and O–H groups in total. The van der Waals surface area contributed by atoms with E-state index in [0.29, 0.717) is 24.7 Å². The Morgan fingerprint density at radius 3 is 3.05 bits per heavy atom. The molecule has 2 rings (SSSR count). The van der Waals surface area contributed by atoms with Crippen LogP contribution in [-0.2, 0) is 11.3 Å². The van der Waals surface area contributed by atoms with Crippen LogP contribution in [0.25, 0.3) is 0 Å². The van der Waals surface area contributed by atoms with E-state index < -0.39 is 0 Å². The number of carbonyl (C=O) groups is 1. The van der Waals surface area contributed by atoms with E-state index in [2.05, 4.69) is 10.3 Å². The Morgan fingerprint density at radius 2 is 2.37 bits per heavy atom. The third-order valence-corrected chi connectivity index (χ3v) is 3.59. The summed E-state index contributed by atoms with van der Waals surface area (Å²) >= 11 is 0. The highest BCUT2D eigenvalue weighted by atomic mass is 16.5.